The van der Waals surface area contributed by atoms with Crippen molar-refractivity contribution in [2.45, 2.75) is 32.7 Å². The summed E-state index contributed by atoms with van der Waals surface area (Å²) in [5, 5.41) is 0.205. The van der Waals surface area contributed by atoms with E-state index < -0.39 is 0 Å². The van der Waals surface area contributed by atoms with Crippen LogP contribution in [0.3, 0.4) is 0 Å². The Hall–Kier alpha value is -0.600. The smallest absolute Gasteiger partial charge is 0.142 e. The van der Waals surface area contributed by atoms with Gasteiger partial charge in [0.05, 0.1) is 5.02 Å². The molecule has 0 saturated heterocycles. The second kappa shape index (κ2) is 5.47. The first kappa shape index (κ1) is 12.5. The monoisotopic (exact) mass is 229 g/mol. The van der Waals surface area contributed by atoms with Gasteiger partial charge in [-0.25, -0.2) is 4.39 Å². The summed E-state index contributed by atoms with van der Waals surface area (Å²) in [6.45, 7) is 4.19. The Morgan fingerprint density at radius 3 is 2.73 bits per heavy atom. The minimum absolute atomic E-state index is 0.0364. The molecule has 0 heterocycles. The van der Waals surface area contributed by atoms with Crippen molar-refractivity contribution >= 4 is 11.6 Å². The fraction of sp³-hybridized carbons (Fsp3) is 0.500. The Kier molecular flexibility index (Phi) is 4.55. The lowest BCUT2D eigenvalue weighted by molar-refractivity contribution is 0.439. The maximum absolute atomic E-state index is 13.1. The molecule has 0 fully saturated rings. The van der Waals surface area contributed by atoms with Crippen LogP contribution in [0.15, 0.2) is 18.2 Å². The van der Waals surface area contributed by atoms with Crippen LogP contribution in [0.1, 0.15) is 25.8 Å². The molecule has 3 heteroatoms. The van der Waals surface area contributed by atoms with Gasteiger partial charge in [0.1, 0.15) is 5.82 Å². The molecule has 2 unspecified atom stereocenters. The third-order valence-corrected chi connectivity index (χ3v) is 3.29. The molecule has 0 aliphatic rings. The van der Waals surface area contributed by atoms with Crippen molar-refractivity contribution in [3.63, 3.8) is 0 Å². The molecule has 1 aromatic carbocycles. The zero-order chi connectivity index (χ0) is 11.4. The van der Waals surface area contributed by atoms with Crippen LogP contribution in [-0.2, 0) is 6.42 Å². The van der Waals surface area contributed by atoms with Crippen LogP contribution in [0.5, 0.6) is 0 Å². The van der Waals surface area contributed by atoms with Crippen LogP contribution >= 0.6 is 11.6 Å². The molecule has 15 heavy (non-hydrogen) atoms. The molecule has 0 saturated carbocycles. The maximum Gasteiger partial charge on any atom is 0.142 e. The topological polar surface area (TPSA) is 26.0 Å². The minimum atomic E-state index is -0.370. The third kappa shape index (κ3) is 3.18. The molecule has 2 N–H and O–H groups in total. The van der Waals surface area contributed by atoms with Crippen LogP contribution in [0.25, 0.3) is 0 Å². The quantitative estimate of drug-likeness (QED) is 0.842. The number of hydrogen-bond donors (Lipinski definition) is 1. The highest BCUT2D eigenvalue weighted by molar-refractivity contribution is 6.31. The van der Waals surface area contributed by atoms with Crippen LogP contribution in [0.4, 0.5) is 4.39 Å². The summed E-state index contributed by atoms with van der Waals surface area (Å²) in [6.07, 6.45) is 1.65. The maximum atomic E-state index is 13.1. The highest BCUT2D eigenvalue weighted by Gasteiger charge is 2.14. The summed E-state index contributed by atoms with van der Waals surface area (Å²) in [7, 11) is 0. The zero-order valence-corrected chi connectivity index (χ0v) is 9.89. The highest BCUT2D eigenvalue weighted by Crippen LogP contribution is 2.22. The number of hydrogen-bond acceptors (Lipinski definition) is 1. The highest BCUT2D eigenvalue weighted by atomic mass is 35.5. The normalized spacial score (nSPS) is 15.0. The lowest BCUT2D eigenvalue weighted by Gasteiger charge is -2.18. The number of rotatable bonds is 4. The predicted molar refractivity (Wildman–Crippen MR) is 62.5 cm³/mol. The Morgan fingerprint density at radius 2 is 2.13 bits per heavy atom. The molecular weight excluding hydrogens is 213 g/mol. The summed E-state index contributed by atoms with van der Waals surface area (Å²) in [5.41, 5.74) is 6.79. The Bertz CT molecular complexity index is 327. The van der Waals surface area contributed by atoms with Crippen LogP contribution in [0, 0.1) is 11.7 Å². The zero-order valence-electron chi connectivity index (χ0n) is 9.13. The van der Waals surface area contributed by atoms with Crippen LogP contribution in [-0.4, -0.2) is 6.04 Å². The van der Waals surface area contributed by atoms with E-state index in [1.54, 1.807) is 6.07 Å². The molecule has 0 aromatic heterocycles. The summed E-state index contributed by atoms with van der Waals surface area (Å²) >= 11 is 5.85. The second-order valence-electron chi connectivity index (χ2n) is 3.97. The molecule has 1 rings (SSSR count). The van der Waals surface area contributed by atoms with E-state index in [9.17, 15) is 4.39 Å². The largest absolute Gasteiger partial charge is 0.327 e. The first-order valence-corrected chi connectivity index (χ1v) is 5.62. The first-order chi connectivity index (χ1) is 7.06. The van der Waals surface area contributed by atoms with Gasteiger partial charge in [-0.05, 0) is 24.0 Å². The fourth-order valence-electron chi connectivity index (χ4n) is 1.46. The van der Waals surface area contributed by atoms with E-state index in [0.717, 1.165) is 12.0 Å². The number of nitrogens with two attached hydrogens (primary N) is 1. The molecule has 0 radical (unpaired) electrons. The lowest BCUT2D eigenvalue weighted by Crippen LogP contribution is -2.30. The van der Waals surface area contributed by atoms with Crippen molar-refractivity contribution in [2.24, 2.45) is 11.7 Å². The molecule has 0 aliphatic heterocycles. The Morgan fingerprint density at radius 1 is 1.47 bits per heavy atom. The van der Waals surface area contributed by atoms with E-state index in [2.05, 4.69) is 13.8 Å². The number of halogens is 2. The summed E-state index contributed by atoms with van der Waals surface area (Å²) < 4.78 is 13.1. The molecule has 2 atom stereocenters. The van der Waals surface area contributed by atoms with Gasteiger partial charge >= 0.3 is 0 Å². The van der Waals surface area contributed by atoms with E-state index in [1.165, 1.54) is 6.07 Å². The predicted octanol–water partition coefficient (Wildman–Crippen LogP) is 3.40. The lowest BCUT2D eigenvalue weighted by atomic mass is 9.94. The van der Waals surface area contributed by atoms with Gasteiger partial charge in [-0.15, -0.1) is 0 Å². The number of benzene rings is 1. The van der Waals surface area contributed by atoms with Gasteiger partial charge in [-0.1, -0.05) is 44.0 Å². The second-order valence-corrected chi connectivity index (χ2v) is 4.34. The fourth-order valence-corrected chi connectivity index (χ4v) is 1.67. The molecule has 0 aliphatic carbocycles. The molecular formula is C12H17ClFN. The third-order valence-electron chi connectivity index (χ3n) is 2.86. The summed E-state index contributed by atoms with van der Waals surface area (Å²) in [5.74, 6) is 0.0508. The van der Waals surface area contributed by atoms with Crippen molar-refractivity contribution in [1.82, 2.24) is 0 Å². The molecule has 1 nitrogen and oxygen atoms in total. The van der Waals surface area contributed by atoms with Crippen molar-refractivity contribution in [3.05, 3.63) is 34.6 Å². The Labute approximate surface area is 95.4 Å². The van der Waals surface area contributed by atoms with Crippen molar-refractivity contribution in [3.8, 4) is 0 Å². The Balaban J connectivity index is 2.76. The molecule has 0 bridgehead atoms. The molecule has 0 spiro atoms. The van der Waals surface area contributed by atoms with Gasteiger partial charge in [0.2, 0.25) is 0 Å². The molecule has 0 amide bonds. The van der Waals surface area contributed by atoms with Crippen LogP contribution in [0.2, 0.25) is 5.02 Å². The van der Waals surface area contributed by atoms with Crippen LogP contribution < -0.4 is 5.73 Å². The van der Waals surface area contributed by atoms with E-state index in [4.69, 9.17) is 17.3 Å². The van der Waals surface area contributed by atoms with E-state index >= 15 is 0 Å². The standard InChI is InChI=1S/C12H17ClFN/c1-3-8(2)11(15)7-9-5-4-6-10(14)12(9)13/h4-6,8,11H,3,7,15H2,1-2H3. The van der Waals surface area contributed by atoms with Crippen molar-refractivity contribution in [1.29, 1.82) is 0 Å². The molecule has 84 valence electrons. The SMILES string of the molecule is CCC(C)C(N)Cc1cccc(F)c1Cl. The first-order valence-electron chi connectivity index (χ1n) is 5.24. The van der Waals surface area contributed by atoms with Gasteiger partial charge < -0.3 is 5.73 Å². The van der Waals surface area contributed by atoms with Crippen molar-refractivity contribution < 1.29 is 4.39 Å². The van der Waals surface area contributed by atoms with Crippen molar-refractivity contribution in [2.75, 3.05) is 0 Å². The average molecular weight is 230 g/mol. The van der Waals surface area contributed by atoms with E-state index in [0.29, 0.717) is 12.3 Å². The average Bonchev–Trinajstić information content (AvgIpc) is 2.23. The van der Waals surface area contributed by atoms with Gasteiger partial charge in [-0.2, -0.15) is 0 Å². The van der Waals surface area contributed by atoms with Gasteiger partial charge in [0.15, 0.2) is 0 Å². The van der Waals surface area contributed by atoms with E-state index in [-0.39, 0.29) is 16.9 Å². The van der Waals surface area contributed by atoms with Gasteiger partial charge in [-0.3, -0.25) is 0 Å². The van der Waals surface area contributed by atoms with E-state index in [1.807, 2.05) is 6.07 Å². The minimum Gasteiger partial charge on any atom is -0.327 e. The van der Waals surface area contributed by atoms with Gasteiger partial charge in [0, 0.05) is 6.04 Å². The molecule has 1 aromatic rings. The summed E-state index contributed by atoms with van der Waals surface area (Å²) in [4.78, 5) is 0. The van der Waals surface area contributed by atoms with Gasteiger partial charge in [0.25, 0.3) is 0 Å². The summed E-state index contributed by atoms with van der Waals surface area (Å²) in [6, 6.07) is 4.89.